The standard InChI is InChI=1S/C30H27N3O4S2/c34-28(22-8-2-1-3-9-22)32-26(29(35)31-20-23-11-6-10-21-7-4-5-12-25(21)23)19-24-13-14-27(37-24)39-30(38)33-15-17-36-18-16-33/h1-14,19H,15-18,20H2,(H,31,35)(H,32,34)/b26-19-. The summed E-state index contributed by atoms with van der Waals surface area (Å²) in [5, 5.41) is 8.44. The zero-order valence-electron chi connectivity index (χ0n) is 21.1. The van der Waals surface area contributed by atoms with Crippen LogP contribution >= 0.6 is 24.0 Å². The first-order valence-electron chi connectivity index (χ1n) is 12.5. The number of nitrogens with one attached hydrogen (secondary N) is 2. The topological polar surface area (TPSA) is 83.8 Å². The molecule has 198 valence electrons. The smallest absolute Gasteiger partial charge is 0.268 e. The average Bonchev–Trinajstić information content (AvgIpc) is 3.42. The highest BCUT2D eigenvalue weighted by molar-refractivity contribution is 8.22. The Morgan fingerprint density at radius 2 is 1.67 bits per heavy atom. The van der Waals surface area contributed by atoms with E-state index in [0.717, 1.165) is 29.4 Å². The third-order valence-electron chi connectivity index (χ3n) is 6.19. The normalized spacial score (nSPS) is 13.7. The molecule has 0 aliphatic carbocycles. The third-order valence-corrected chi connectivity index (χ3v) is 7.56. The number of rotatable bonds is 7. The fourth-order valence-corrected chi connectivity index (χ4v) is 5.35. The largest absolute Gasteiger partial charge is 0.450 e. The molecular formula is C30H27N3O4S2. The summed E-state index contributed by atoms with van der Waals surface area (Å²) in [6, 6.07) is 26.3. The maximum absolute atomic E-state index is 13.3. The number of carbonyl (C=O) groups is 2. The Labute approximate surface area is 236 Å². The van der Waals surface area contributed by atoms with Gasteiger partial charge in [0.15, 0.2) is 5.09 Å². The van der Waals surface area contributed by atoms with Crippen LogP contribution in [0.25, 0.3) is 16.8 Å². The minimum Gasteiger partial charge on any atom is -0.450 e. The van der Waals surface area contributed by atoms with Gasteiger partial charge in [0, 0.05) is 31.3 Å². The molecule has 4 aromatic rings. The van der Waals surface area contributed by atoms with Crippen LogP contribution < -0.4 is 10.6 Å². The molecule has 39 heavy (non-hydrogen) atoms. The number of thioether (sulfide) groups is 1. The second-order valence-corrected chi connectivity index (χ2v) is 10.5. The molecule has 7 nitrogen and oxygen atoms in total. The number of carbonyl (C=O) groups excluding carboxylic acids is 2. The van der Waals surface area contributed by atoms with Gasteiger partial charge in [-0.05, 0) is 52.4 Å². The summed E-state index contributed by atoms with van der Waals surface area (Å²) in [5.41, 5.74) is 1.49. The van der Waals surface area contributed by atoms with Crippen molar-refractivity contribution in [3.05, 3.63) is 108 Å². The Morgan fingerprint density at radius 3 is 2.49 bits per heavy atom. The predicted octanol–water partition coefficient (Wildman–Crippen LogP) is 5.23. The summed E-state index contributed by atoms with van der Waals surface area (Å²) in [6.45, 7) is 3.07. The first kappa shape index (κ1) is 26.7. The number of thiocarbonyl (C=S) groups is 1. The van der Waals surface area contributed by atoms with E-state index in [2.05, 4.69) is 15.5 Å². The van der Waals surface area contributed by atoms with Gasteiger partial charge >= 0.3 is 0 Å². The van der Waals surface area contributed by atoms with Crippen molar-refractivity contribution < 1.29 is 18.7 Å². The molecule has 2 amide bonds. The summed E-state index contributed by atoms with van der Waals surface area (Å²) in [4.78, 5) is 28.3. The summed E-state index contributed by atoms with van der Waals surface area (Å²) in [7, 11) is 0. The van der Waals surface area contributed by atoms with E-state index in [9.17, 15) is 9.59 Å². The minimum atomic E-state index is -0.429. The van der Waals surface area contributed by atoms with Crippen molar-refractivity contribution in [3.63, 3.8) is 0 Å². The Morgan fingerprint density at radius 1 is 0.923 bits per heavy atom. The van der Waals surface area contributed by atoms with Crippen molar-refractivity contribution in [2.75, 3.05) is 26.3 Å². The highest BCUT2D eigenvalue weighted by Crippen LogP contribution is 2.26. The van der Waals surface area contributed by atoms with Crippen molar-refractivity contribution >= 4 is 57.0 Å². The van der Waals surface area contributed by atoms with Crippen LogP contribution in [-0.2, 0) is 16.1 Å². The number of benzene rings is 3. The summed E-state index contributed by atoms with van der Waals surface area (Å²) in [5.74, 6) is -0.399. The van der Waals surface area contributed by atoms with Gasteiger partial charge < -0.3 is 24.7 Å². The van der Waals surface area contributed by atoms with E-state index in [-0.39, 0.29) is 5.70 Å². The first-order chi connectivity index (χ1) is 19.1. The zero-order valence-corrected chi connectivity index (χ0v) is 22.7. The lowest BCUT2D eigenvalue weighted by Gasteiger charge is -2.28. The molecule has 3 aromatic carbocycles. The van der Waals surface area contributed by atoms with E-state index in [0.29, 0.717) is 40.5 Å². The van der Waals surface area contributed by atoms with Gasteiger partial charge in [0.25, 0.3) is 11.8 Å². The average molecular weight is 558 g/mol. The number of amides is 2. The molecule has 5 rings (SSSR count). The lowest BCUT2D eigenvalue weighted by Crippen LogP contribution is -2.38. The van der Waals surface area contributed by atoms with Gasteiger partial charge in [-0.2, -0.15) is 0 Å². The van der Waals surface area contributed by atoms with Crippen LogP contribution in [-0.4, -0.2) is 47.3 Å². The van der Waals surface area contributed by atoms with Gasteiger partial charge in [0.1, 0.15) is 15.8 Å². The van der Waals surface area contributed by atoms with Crippen LogP contribution in [0, 0.1) is 0 Å². The minimum absolute atomic E-state index is 0.0748. The van der Waals surface area contributed by atoms with Crippen molar-refractivity contribution in [1.82, 2.24) is 15.5 Å². The monoisotopic (exact) mass is 557 g/mol. The van der Waals surface area contributed by atoms with Crippen molar-refractivity contribution in [3.8, 4) is 0 Å². The van der Waals surface area contributed by atoms with E-state index in [4.69, 9.17) is 21.4 Å². The quantitative estimate of drug-likeness (QED) is 0.183. The van der Waals surface area contributed by atoms with E-state index in [1.807, 2.05) is 48.5 Å². The number of morpholine rings is 1. The summed E-state index contributed by atoms with van der Waals surface area (Å²) >= 11 is 6.90. The molecule has 1 aromatic heterocycles. The number of hydrogen-bond donors (Lipinski definition) is 2. The third kappa shape index (κ3) is 6.94. The molecule has 0 radical (unpaired) electrons. The van der Waals surface area contributed by atoms with Crippen LogP contribution in [0.3, 0.4) is 0 Å². The van der Waals surface area contributed by atoms with E-state index in [1.54, 1.807) is 36.4 Å². The molecule has 1 aliphatic heterocycles. The molecular weight excluding hydrogens is 530 g/mol. The van der Waals surface area contributed by atoms with Crippen LogP contribution in [0.2, 0.25) is 0 Å². The first-order valence-corrected chi connectivity index (χ1v) is 13.8. The van der Waals surface area contributed by atoms with E-state index < -0.39 is 11.8 Å². The van der Waals surface area contributed by atoms with Crippen LogP contribution in [0.5, 0.6) is 0 Å². The highest BCUT2D eigenvalue weighted by Gasteiger charge is 2.18. The molecule has 1 aliphatic rings. The van der Waals surface area contributed by atoms with Crippen molar-refractivity contribution in [2.45, 2.75) is 11.6 Å². The number of hydrogen-bond acceptors (Lipinski definition) is 6. The van der Waals surface area contributed by atoms with Gasteiger partial charge in [-0.25, -0.2) is 0 Å². The Hall–Kier alpha value is -3.92. The lowest BCUT2D eigenvalue weighted by atomic mass is 10.0. The number of nitrogens with zero attached hydrogens (tertiary/aromatic N) is 1. The van der Waals surface area contributed by atoms with Gasteiger partial charge in [-0.1, -0.05) is 72.9 Å². The fraction of sp³-hybridized carbons (Fsp3) is 0.167. The van der Waals surface area contributed by atoms with Crippen LogP contribution in [0.4, 0.5) is 0 Å². The number of fused-ring (bicyclic) bond motifs is 1. The number of furan rings is 1. The summed E-state index contributed by atoms with van der Waals surface area (Å²) in [6.07, 6.45) is 1.53. The molecule has 9 heteroatoms. The molecule has 0 unspecified atom stereocenters. The molecule has 0 saturated carbocycles. The van der Waals surface area contributed by atoms with Crippen molar-refractivity contribution in [1.29, 1.82) is 0 Å². The van der Waals surface area contributed by atoms with Crippen LogP contribution in [0.1, 0.15) is 21.7 Å². The van der Waals surface area contributed by atoms with Crippen molar-refractivity contribution in [2.24, 2.45) is 0 Å². The highest BCUT2D eigenvalue weighted by atomic mass is 32.2. The molecule has 0 spiro atoms. The fourth-order valence-electron chi connectivity index (χ4n) is 4.17. The molecule has 2 N–H and O–H groups in total. The Kier molecular flexibility index (Phi) is 8.72. The zero-order chi connectivity index (χ0) is 27.0. The van der Waals surface area contributed by atoms with Gasteiger partial charge in [-0.3, -0.25) is 9.59 Å². The van der Waals surface area contributed by atoms with E-state index in [1.165, 1.54) is 17.8 Å². The Bertz CT molecular complexity index is 1510. The molecule has 0 atom stereocenters. The van der Waals surface area contributed by atoms with Gasteiger partial charge in [0.05, 0.1) is 13.2 Å². The Balaban J connectivity index is 1.33. The number of ether oxygens (including phenoxy) is 1. The molecule has 1 saturated heterocycles. The second-order valence-electron chi connectivity index (χ2n) is 8.82. The SMILES string of the molecule is O=C(NCc1cccc2ccccc12)/C(=C/c1ccc(SC(=S)N2CCOCC2)o1)NC(=O)c1ccccc1. The maximum atomic E-state index is 13.3. The van der Waals surface area contributed by atoms with Crippen LogP contribution in [0.15, 0.2) is 100 Å². The second kappa shape index (κ2) is 12.8. The lowest BCUT2D eigenvalue weighted by molar-refractivity contribution is -0.117. The predicted molar refractivity (Wildman–Crippen MR) is 157 cm³/mol. The maximum Gasteiger partial charge on any atom is 0.268 e. The molecule has 2 heterocycles. The van der Waals surface area contributed by atoms with Gasteiger partial charge in [-0.15, -0.1) is 0 Å². The van der Waals surface area contributed by atoms with Gasteiger partial charge in [0.2, 0.25) is 0 Å². The summed E-state index contributed by atoms with van der Waals surface area (Å²) < 4.78 is 12.0. The van der Waals surface area contributed by atoms with E-state index >= 15 is 0 Å². The molecule has 1 fully saturated rings. The molecule has 0 bridgehead atoms.